The maximum Gasteiger partial charge on any atom is 0.316 e. The number of benzene rings is 2. The van der Waals surface area contributed by atoms with Crippen LogP contribution in [0.25, 0.3) is 0 Å². The predicted octanol–water partition coefficient (Wildman–Crippen LogP) is 3.41. The molecule has 1 fully saturated rings. The first-order valence-corrected chi connectivity index (χ1v) is 10.8. The van der Waals surface area contributed by atoms with Crippen molar-refractivity contribution in [3.8, 4) is 5.75 Å². The zero-order chi connectivity index (χ0) is 19.9. The van der Waals surface area contributed by atoms with Gasteiger partial charge in [0, 0.05) is 18.7 Å². The van der Waals surface area contributed by atoms with Crippen molar-refractivity contribution in [1.29, 1.82) is 0 Å². The molecule has 2 aromatic carbocycles. The summed E-state index contributed by atoms with van der Waals surface area (Å²) in [5.41, 5.74) is 1.53. The molecule has 2 heterocycles. The van der Waals surface area contributed by atoms with Gasteiger partial charge in [-0.1, -0.05) is 29.8 Å². The highest BCUT2D eigenvalue weighted by Gasteiger charge is 2.35. The van der Waals surface area contributed by atoms with Crippen LogP contribution in [0.5, 0.6) is 5.75 Å². The molecule has 0 N–H and O–H groups in total. The van der Waals surface area contributed by atoms with E-state index in [-0.39, 0.29) is 16.8 Å². The first-order valence-electron chi connectivity index (χ1n) is 9.02. The van der Waals surface area contributed by atoms with Crippen molar-refractivity contribution >= 4 is 33.4 Å². The van der Waals surface area contributed by atoms with E-state index in [0.29, 0.717) is 41.7 Å². The summed E-state index contributed by atoms with van der Waals surface area (Å²) in [4.78, 5) is 14.8. The standard InChI is InChI=1S/C20H19ClN2O4S/c1-13-8-9-16(21)17(11-13)27-20(24)14-5-4-10-23(12-14)19-15-6-2-3-7-18(15)28(25,26)22-19/h2-3,6-9,11,14H,4-5,10,12H2,1H3. The van der Waals surface area contributed by atoms with E-state index in [9.17, 15) is 13.2 Å². The second kappa shape index (κ2) is 7.22. The van der Waals surface area contributed by atoms with Crippen molar-refractivity contribution in [3.63, 3.8) is 0 Å². The molecule has 0 saturated carbocycles. The molecule has 0 aromatic heterocycles. The highest BCUT2D eigenvalue weighted by Crippen LogP contribution is 2.31. The third kappa shape index (κ3) is 3.52. The molecule has 4 rings (SSSR count). The number of sulfonamides is 1. The average Bonchev–Trinajstić information content (AvgIpc) is 2.96. The fraction of sp³-hybridized carbons (Fsp3) is 0.300. The second-order valence-electron chi connectivity index (χ2n) is 7.03. The van der Waals surface area contributed by atoms with Crippen LogP contribution >= 0.6 is 11.6 Å². The Hall–Kier alpha value is -2.38. The Morgan fingerprint density at radius 1 is 1.25 bits per heavy atom. The second-order valence-corrected chi connectivity index (χ2v) is 9.01. The van der Waals surface area contributed by atoms with Crippen molar-refractivity contribution in [2.75, 3.05) is 13.1 Å². The first kappa shape index (κ1) is 19.0. The van der Waals surface area contributed by atoms with Gasteiger partial charge < -0.3 is 9.64 Å². The van der Waals surface area contributed by atoms with Gasteiger partial charge in [-0.05, 0) is 49.6 Å². The van der Waals surface area contributed by atoms with Crippen LogP contribution in [0.1, 0.15) is 24.0 Å². The van der Waals surface area contributed by atoms with Gasteiger partial charge in [-0.2, -0.15) is 8.42 Å². The normalized spacial score (nSPS) is 20.4. The lowest BCUT2D eigenvalue weighted by atomic mass is 9.97. The summed E-state index contributed by atoms with van der Waals surface area (Å²) < 4.78 is 34.1. The Balaban J connectivity index is 1.54. The van der Waals surface area contributed by atoms with Gasteiger partial charge in [0.1, 0.15) is 10.6 Å². The summed E-state index contributed by atoms with van der Waals surface area (Å²) in [5, 5.41) is 0.381. The number of piperidine rings is 1. The molecule has 1 saturated heterocycles. The lowest BCUT2D eigenvalue weighted by Gasteiger charge is -2.32. The zero-order valence-corrected chi connectivity index (χ0v) is 16.8. The number of esters is 1. The van der Waals surface area contributed by atoms with Gasteiger partial charge in [-0.15, -0.1) is 4.40 Å². The highest BCUT2D eigenvalue weighted by atomic mass is 35.5. The molecule has 6 nitrogen and oxygen atoms in total. The third-order valence-corrected chi connectivity index (χ3v) is 6.60. The minimum absolute atomic E-state index is 0.209. The molecular formula is C20H19ClN2O4S. The molecule has 146 valence electrons. The van der Waals surface area contributed by atoms with Gasteiger partial charge >= 0.3 is 5.97 Å². The molecule has 0 radical (unpaired) electrons. The van der Waals surface area contributed by atoms with E-state index >= 15 is 0 Å². The molecule has 2 aromatic rings. The molecule has 8 heteroatoms. The Kier molecular flexibility index (Phi) is 4.89. The van der Waals surface area contributed by atoms with Gasteiger partial charge in [0.25, 0.3) is 10.0 Å². The smallest absolute Gasteiger partial charge is 0.316 e. The van der Waals surface area contributed by atoms with Crippen molar-refractivity contribution < 1.29 is 17.9 Å². The number of likely N-dealkylation sites (tertiary alicyclic amines) is 1. The molecule has 1 unspecified atom stereocenters. The number of hydrogen-bond acceptors (Lipinski definition) is 5. The number of hydrogen-bond donors (Lipinski definition) is 0. The van der Waals surface area contributed by atoms with E-state index < -0.39 is 10.0 Å². The van der Waals surface area contributed by atoms with E-state index in [1.54, 1.807) is 36.4 Å². The van der Waals surface area contributed by atoms with Gasteiger partial charge in [0.05, 0.1) is 10.9 Å². The number of aryl methyl sites for hydroxylation is 1. The van der Waals surface area contributed by atoms with Crippen LogP contribution in [0.15, 0.2) is 51.8 Å². The summed E-state index contributed by atoms with van der Waals surface area (Å²) in [6, 6.07) is 12.0. The van der Waals surface area contributed by atoms with Crippen molar-refractivity contribution in [1.82, 2.24) is 4.90 Å². The molecule has 0 amide bonds. The number of ether oxygens (including phenoxy) is 1. The fourth-order valence-corrected chi connectivity index (χ4v) is 4.94. The molecular weight excluding hydrogens is 400 g/mol. The van der Waals surface area contributed by atoms with Crippen LogP contribution < -0.4 is 4.74 Å². The maximum atomic E-state index is 12.7. The molecule has 0 aliphatic carbocycles. The number of fused-ring (bicyclic) bond motifs is 1. The largest absolute Gasteiger partial charge is 0.425 e. The van der Waals surface area contributed by atoms with E-state index in [1.807, 2.05) is 17.9 Å². The molecule has 2 aliphatic rings. The van der Waals surface area contributed by atoms with Gasteiger partial charge in [-0.25, -0.2) is 0 Å². The van der Waals surface area contributed by atoms with Gasteiger partial charge in [-0.3, -0.25) is 4.79 Å². The summed E-state index contributed by atoms with van der Waals surface area (Å²) in [6.45, 7) is 2.88. The quantitative estimate of drug-likeness (QED) is 0.551. The van der Waals surface area contributed by atoms with E-state index in [0.717, 1.165) is 12.0 Å². The summed E-state index contributed by atoms with van der Waals surface area (Å²) in [7, 11) is -3.69. The van der Waals surface area contributed by atoms with E-state index in [1.165, 1.54) is 0 Å². The summed E-state index contributed by atoms with van der Waals surface area (Å²) in [6.07, 6.45) is 1.41. The topological polar surface area (TPSA) is 76.0 Å². The minimum Gasteiger partial charge on any atom is -0.425 e. The third-order valence-electron chi connectivity index (χ3n) is 4.96. The van der Waals surface area contributed by atoms with E-state index in [2.05, 4.69) is 4.40 Å². The first-order chi connectivity index (χ1) is 13.3. The minimum atomic E-state index is -3.69. The number of carbonyl (C=O) groups excluding carboxylic acids is 1. The lowest BCUT2D eigenvalue weighted by molar-refractivity contribution is -0.140. The van der Waals surface area contributed by atoms with Crippen LogP contribution in [0, 0.1) is 12.8 Å². The predicted molar refractivity (Wildman–Crippen MR) is 106 cm³/mol. The highest BCUT2D eigenvalue weighted by molar-refractivity contribution is 7.90. The Bertz CT molecular complexity index is 1080. The van der Waals surface area contributed by atoms with Crippen LogP contribution in [-0.2, 0) is 14.8 Å². The monoisotopic (exact) mass is 418 g/mol. The molecule has 2 aliphatic heterocycles. The zero-order valence-electron chi connectivity index (χ0n) is 15.3. The van der Waals surface area contributed by atoms with E-state index in [4.69, 9.17) is 16.3 Å². The molecule has 1 atom stereocenters. The van der Waals surface area contributed by atoms with Crippen LogP contribution in [0.4, 0.5) is 0 Å². The maximum absolute atomic E-state index is 12.7. The lowest BCUT2D eigenvalue weighted by Crippen LogP contribution is -2.43. The van der Waals surface area contributed by atoms with Crippen LogP contribution in [0.3, 0.4) is 0 Å². The van der Waals surface area contributed by atoms with Gasteiger partial charge in [0.2, 0.25) is 0 Å². The molecule has 0 spiro atoms. The SMILES string of the molecule is Cc1ccc(Cl)c(OC(=O)C2CCCN(C3=NS(=O)(=O)c4ccccc43)C2)c1. The number of amidine groups is 1. The number of carbonyl (C=O) groups is 1. The van der Waals surface area contributed by atoms with Crippen molar-refractivity contribution in [2.24, 2.45) is 10.3 Å². The summed E-state index contributed by atoms with van der Waals surface area (Å²) in [5.74, 6) is -0.00737. The Morgan fingerprint density at radius 3 is 2.86 bits per heavy atom. The number of halogens is 1. The molecule has 0 bridgehead atoms. The molecule has 28 heavy (non-hydrogen) atoms. The number of rotatable bonds is 2. The van der Waals surface area contributed by atoms with Gasteiger partial charge in [0.15, 0.2) is 5.84 Å². The average molecular weight is 419 g/mol. The Labute approximate surface area is 168 Å². The fourth-order valence-electron chi connectivity index (χ4n) is 3.56. The number of nitrogens with zero attached hydrogens (tertiary/aromatic N) is 2. The van der Waals surface area contributed by atoms with Crippen molar-refractivity contribution in [3.05, 3.63) is 58.6 Å². The van der Waals surface area contributed by atoms with Crippen LogP contribution in [0.2, 0.25) is 5.02 Å². The van der Waals surface area contributed by atoms with Crippen molar-refractivity contribution in [2.45, 2.75) is 24.7 Å². The summed E-state index contributed by atoms with van der Waals surface area (Å²) >= 11 is 6.13. The van der Waals surface area contributed by atoms with Crippen LogP contribution in [-0.4, -0.2) is 38.2 Å². The Morgan fingerprint density at radius 2 is 2.04 bits per heavy atom.